The molecule has 11 nitrogen and oxygen atoms in total. The van der Waals surface area contributed by atoms with Crippen molar-refractivity contribution in [1.29, 1.82) is 0 Å². The summed E-state index contributed by atoms with van der Waals surface area (Å²) in [6.07, 6.45) is 4.07. The van der Waals surface area contributed by atoms with Crippen LogP contribution in [0.3, 0.4) is 0 Å². The molecule has 1 aromatic carbocycles. The van der Waals surface area contributed by atoms with Crippen molar-refractivity contribution < 1.29 is 22.6 Å². The summed E-state index contributed by atoms with van der Waals surface area (Å²) in [6.45, 7) is 3.43. The second-order valence-corrected chi connectivity index (χ2v) is 11.3. The Morgan fingerprint density at radius 1 is 1.00 bits per heavy atom. The second-order valence-electron chi connectivity index (χ2n) is 8.35. The van der Waals surface area contributed by atoms with E-state index in [9.17, 15) is 8.42 Å². The highest BCUT2D eigenvalue weighted by atomic mass is 79.9. The Labute approximate surface area is 229 Å². The van der Waals surface area contributed by atoms with Crippen molar-refractivity contribution in [2.45, 2.75) is 25.2 Å². The summed E-state index contributed by atoms with van der Waals surface area (Å²) >= 11 is 3.34. The van der Waals surface area contributed by atoms with Gasteiger partial charge in [-0.25, -0.2) is 8.42 Å². The number of hydrogen-bond acceptors (Lipinski definition) is 9. The summed E-state index contributed by atoms with van der Waals surface area (Å²) in [6, 6.07) is 10.6. The molecule has 0 saturated carbocycles. The number of pyridine rings is 2. The highest BCUT2D eigenvalue weighted by molar-refractivity contribution is 9.10. The number of aryl methyl sites for hydroxylation is 1. The first-order valence-corrected chi connectivity index (χ1v) is 13.8. The molecule has 0 bridgehead atoms. The summed E-state index contributed by atoms with van der Waals surface area (Å²) in [4.78, 5) is 8.57. The third-order valence-corrected chi connectivity index (χ3v) is 8.03. The van der Waals surface area contributed by atoms with Gasteiger partial charge in [-0.15, -0.1) is 10.2 Å². The van der Waals surface area contributed by atoms with E-state index in [1.54, 1.807) is 48.9 Å². The zero-order valence-corrected chi connectivity index (χ0v) is 23.8. The van der Waals surface area contributed by atoms with Gasteiger partial charge in [0.15, 0.2) is 5.82 Å². The Morgan fingerprint density at radius 3 is 2.29 bits per heavy atom. The molecule has 0 radical (unpaired) electrons. The van der Waals surface area contributed by atoms with Gasteiger partial charge >= 0.3 is 0 Å². The van der Waals surface area contributed by atoms with Gasteiger partial charge in [-0.1, -0.05) is 6.07 Å². The fourth-order valence-corrected chi connectivity index (χ4v) is 5.35. The summed E-state index contributed by atoms with van der Waals surface area (Å²) in [7, 11) is 0.381. The zero-order chi connectivity index (χ0) is 27.4. The van der Waals surface area contributed by atoms with Crippen LogP contribution < -0.4 is 14.2 Å². The van der Waals surface area contributed by atoms with Crippen LogP contribution in [0.1, 0.15) is 24.3 Å². The van der Waals surface area contributed by atoms with Crippen LogP contribution in [0.2, 0.25) is 0 Å². The molecule has 0 aliphatic rings. The fourth-order valence-electron chi connectivity index (χ4n) is 3.97. The summed E-state index contributed by atoms with van der Waals surface area (Å²) in [5, 5.41) is 7.48. The van der Waals surface area contributed by atoms with Gasteiger partial charge in [0.05, 0.1) is 19.9 Å². The Bertz CT molecular complexity index is 1510. The number of aromatic nitrogens is 5. The molecule has 13 heteroatoms. The lowest BCUT2D eigenvalue weighted by Crippen LogP contribution is -2.33. The van der Waals surface area contributed by atoms with E-state index >= 15 is 0 Å². The predicted octanol–water partition coefficient (Wildman–Crippen LogP) is 4.33. The van der Waals surface area contributed by atoms with E-state index in [0.717, 1.165) is 10.0 Å². The topological polar surface area (TPSA) is 130 Å². The smallest absolute Gasteiger partial charge is 0.243 e. The monoisotopic (exact) mass is 602 g/mol. The van der Waals surface area contributed by atoms with Gasteiger partial charge in [0.25, 0.3) is 0 Å². The maximum Gasteiger partial charge on any atom is 0.243 e. The van der Waals surface area contributed by atoms with E-state index in [-0.39, 0.29) is 5.95 Å². The van der Waals surface area contributed by atoms with E-state index in [4.69, 9.17) is 14.2 Å². The van der Waals surface area contributed by atoms with Gasteiger partial charge in [-0.3, -0.25) is 19.3 Å². The number of nitrogens with zero attached hydrogens (tertiary/aromatic N) is 5. The summed E-state index contributed by atoms with van der Waals surface area (Å²) in [5.74, 6) is 1.13. The van der Waals surface area contributed by atoms with Crippen LogP contribution in [-0.2, 0) is 14.8 Å². The molecule has 4 rings (SSSR count). The molecule has 0 unspecified atom stereocenters. The number of para-hydroxylation sites is 1. The van der Waals surface area contributed by atoms with Crippen LogP contribution in [0.4, 0.5) is 5.95 Å². The van der Waals surface area contributed by atoms with E-state index in [0.29, 0.717) is 34.3 Å². The molecule has 0 amide bonds. The minimum Gasteiger partial charge on any atom is -0.494 e. The number of ether oxygens (including phenoxy) is 3. The number of benzene rings is 1. The van der Waals surface area contributed by atoms with Crippen LogP contribution in [0, 0.1) is 6.92 Å². The number of hydrogen-bond donors (Lipinski definition) is 1. The van der Waals surface area contributed by atoms with Gasteiger partial charge in [-0.05, 0) is 65.7 Å². The highest BCUT2D eigenvalue weighted by Gasteiger charge is 2.34. The Balaban J connectivity index is 1.84. The van der Waals surface area contributed by atoms with E-state index < -0.39 is 21.4 Å². The van der Waals surface area contributed by atoms with Gasteiger partial charge in [0.2, 0.25) is 16.0 Å². The van der Waals surface area contributed by atoms with Crippen molar-refractivity contribution in [1.82, 2.24) is 24.7 Å². The van der Waals surface area contributed by atoms with E-state index in [2.05, 4.69) is 40.8 Å². The van der Waals surface area contributed by atoms with Crippen molar-refractivity contribution in [3.63, 3.8) is 0 Å². The molecule has 38 heavy (non-hydrogen) atoms. The van der Waals surface area contributed by atoms with Crippen molar-refractivity contribution >= 4 is 31.9 Å². The number of sulfonamides is 1. The number of anilines is 1. The lowest BCUT2D eigenvalue weighted by molar-refractivity contribution is 0.0989. The second kappa shape index (κ2) is 11.5. The van der Waals surface area contributed by atoms with Crippen LogP contribution in [-0.4, -0.2) is 59.7 Å². The standard InChI is InChI=1S/C25H27BrN6O5S/c1-15-11-17(13-27-12-15)24-29-30-25(32(24)22-20(35-3)7-6-8-21(22)36-4)31-38(33,34)16(2)23(37-5)19-10-9-18(26)14-28-19/h6-14,16,23H,1-5H3,(H,30,31)/t16-,23+/m0/s1. The lowest BCUT2D eigenvalue weighted by atomic mass is 10.2. The SMILES string of the molecule is COc1cccc(OC)c1-n1c(NS(=O)(=O)[C@@H](C)[C@@H](OC)c2ccc(Br)cn2)nnc1-c1cncc(C)c1. The molecule has 0 aliphatic carbocycles. The van der Waals surface area contributed by atoms with Gasteiger partial charge in [0.1, 0.15) is 28.5 Å². The molecule has 0 spiro atoms. The molecule has 2 atom stereocenters. The molecule has 4 aromatic rings. The highest BCUT2D eigenvalue weighted by Crippen LogP contribution is 2.38. The molecule has 0 aliphatic heterocycles. The molecule has 3 aromatic heterocycles. The molecule has 3 heterocycles. The van der Waals surface area contributed by atoms with E-state index in [1.807, 2.05) is 13.0 Å². The fraction of sp³-hybridized carbons (Fsp3) is 0.280. The molecular weight excluding hydrogens is 576 g/mol. The first-order valence-electron chi connectivity index (χ1n) is 11.4. The van der Waals surface area contributed by atoms with Crippen LogP contribution in [0.15, 0.2) is 59.5 Å². The predicted molar refractivity (Wildman–Crippen MR) is 146 cm³/mol. The van der Waals surface area contributed by atoms with Gasteiger partial charge < -0.3 is 14.2 Å². The minimum absolute atomic E-state index is 0.0604. The Morgan fingerprint density at radius 2 is 1.71 bits per heavy atom. The molecular formula is C25H27BrN6O5S. The Kier molecular flexibility index (Phi) is 8.29. The molecule has 0 saturated heterocycles. The van der Waals surface area contributed by atoms with Gasteiger partial charge in [-0.2, -0.15) is 0 Å². The number of nitrogens with one attached hydrogen (secondary N) is 1. The largest absolute Gasteiger partial charge is 0.494 e. The summed E-state index contributed by atoms with van der Waals surface area (Å²) in [5.41, 5.74) is 2.40. The quantitative estimate of drug-likeness (QED) is 0.282. The molecule has 0 fully saturated rings. The normalized spacial score (nSPS) is 13.1. The zero-order valence-electron chi connectivity index (χ0n) is 21.4. The number of methoxy groups -OCH3 is 3. The average Bonchev–Trinajstić information content (AvgIpc) is 3.31. The van der Waals surface area contributed by atoms with Crippen molar-refractivity contribution in [2.24, 2.45) is 0 Å². The van der Waals surface area contributed by atoms with Crippen molar-refractivity contribution in [2.75, 3.05) is 26.1 Å². The summed E-state index contributed by atoms with van der Waals surface area (Å²) < 4.78 is 49.0. The van der Waals surface area contributed by atoms with Gasteiger partial charge in [0, 0.05) is 35.7 Å². The van der Waals surface area contributed by atoms with Crippen LogP contribution in [0.5, 0.6) is 11.5 Å². The maximum absolute atomic E-state index is 13.6. The lowest BCUT2D eigenvalue weighted by Gasteiger charge is -2.23. The van der Waals surface area contributed by atoms with Crippen molar-refractivity contribution in [3.05, 3.63) is 70.7 Å². The Hall–Kier alpha value is -3.55. The van der Waals surface area contributed by atoms with E-state index in [1.165, 1.54) is 32.8 Å². The average molecular weight is 603 g/mol. The number of rotatable bonds is 10. The number of halogens is 1. The molecule has 1 N–H and O–H groups in total. The van der Waals surface area contributed by atoms with Crippen LogP contribution in [0.25, 0.3) is 17.1 Å². The third kappa shape index (κ3) is 5.49. The minimum atomic E-state index is -4.08. The third-order valence-electron chi connectivity index (χ3n) is 5.87. The maximum atomic E-state index is 13.6. The first kappa shape index (κ1) is 27.5. The molecule has 200 valence electrons. The van der Waals surface area contributed by atoms with Crippen LogP contribution >= 0.6 is 15.9 Å². The first-order chi connectivity index (χ1) is 18.2. The van der Waals surface area contributed by atoms with Crippen molar-refractivity contribution in [3.8, 4) is 28.6 Å².